The zero-order valence-electron chi connectivity index (χ0n) is 10.4. The van der Waals surface area contributed by atoms with Gasteiger partial charge in [0.2, 0.25) is 0 Å². The Morgan fingerprint density at radius 1 is 1.22 bits per heavy atom. The largest absolute Gasteiger partial charge is 0.349 e. The Labute approximate surface area is 118 Å². The minimum absolute atomic E-state index is 0.0627. The van der Waals surface area contributed by atoms with E-state index in [-0.39, 0.29) is 11.9 Å². The van der Waals surface area contributed by atoms with Crippen LogP contribution in [0.4, 0.5) is 0 Å². The minimum Gasteiger partial charge on any atom is -0.349 e. The van der Waals surface area contributed by atoms with Gasteiger partial charge in [0, 0.05) is 11.6 Å². The van der Waals surface area contributed by atoms with Crippen molar-refractivity contribution < 1.29 is 4.79 Å². The lowest BCUT2D eigenvalue weighted by atomic mass is 9.86. The summed E-state index contributed by atoms with van der Waals surface area (Å²) in [6.07, 6.45) is 4.71. The SMILES string of the molecule is C[C@H]1CCCC[C@H]1NC(=O)c1ccc(Cl)c(Cl)c1. The van der Waals surface area contributed by atoms with E-state index in [1.54, 1.807) is 18.2 Å². The maximum atomic E-state index is 12.1. The van der Waals surface area contributed by atoms with Gasteiger partial charge in [-0.2, -0.15) is 0 Å². The quantitative estimate of drug-likeness (QED) is 0.862. The number of benzene rings is 1. The van der Waals surface area contributed by atoms with Crippen molar-refractivity contribution >= 4 is 29.1 Å². The molecule has 1 aromatic rings. The lowest BCUT2D eigenvalue weighted by Crippen LogP contribution is -2.41. The summed E-state index contributed by atoms with van der Waals surface area (Å²) in [6.45, 7) is 2.19. The van der Waals surface area contributed by atoms with Gasteiger partial charge in [-0.3, -0.25) is 4.79 Å². The Kier molecular flexibility index (Phi) is 4.52. The summed E-state index contributed by atoms with van der Waals surface area (Å²) < 4.78 is 0. The number of nitrogens with one attached hydrogen (secondary N) is 1. The molecular weight excluding hydrogens is 269 g/mol. The fraction of sp³-hybridized carbons (Fsp3) is 0.500. The Morgan fingerprint density at radius 2 is 1.94 bits per heavy atom. The average Bonchev–Trinajstić information content (AvgIpc) is 2.35. The van der Waals surface area contributed by atoms with Gasteiger partial charge < -0.3 is 5.32 Å². The Hall–Kier alpha value is -0.730. The predicted octanol–water partition coefficient (Wildman–Crippen LogP) is 4.30. The van der Waals surface area contributed by atoms with Gasteiger partial charge in [0.05, 0.1) is 10.0 Å². The van der Waals surface area contributed by atoms with Gasteiger partial charge >= 0.3 is 0 Å². The van der Waals surface area contributed by atoms with E-state index in [0.717, 1.165) is 6.42 Å². The zero-order valence-corrected chi connectivity index (χ0v) is 11.9. The van der Waals surface area contributed by atoms with Crippen LogP contribution in [0.25, 0.3) is 0 Å². The summed E-state index contributed by atoms with van der Waals surface area (Å²) in [5.41, 5.74) is 0.571. The fourth-order valence-corrected chi connectivity index (χ4v) is 2.72. The molecule has 98 valence electrons. The predicted molar refractivity (Wildman–Crippen MR) is 75.3 cm³/mol. The molecular formula is C14H17Cl2NO. The Balaban J connectivity index is 2.04. The maximum absolute atomic E-state index is 12.1. The molecule has 2 nitrogen and oxygen atoms in total. The van der Waals surface area contributed by atoms with Crippen LogP contribution in [0, 0.1) is 5.92 Å². The van der Waals surface area contributed by atoms with Crippen molar-refractivity contribution in [2.45, 2.75) is 38.6 Å². The first kappa shape index (κ1) is 13.7. The summed E-state index contributed by atoms with van der Waals surface area (Å²) in [6, 6.07) is 5.26. The van der Waals surface area contributed by atoms with Crippen molar-refractivity contribution in [1.29, 1.82) is 0 Å². The van der Waals surface area contributed by atoms with Crippen LogP contribution in [0.3, 0.4) is 0 Å². The van der Waals surface area contributed by atoms with Crippen LogP contribution in [-0.2, 0) is 0 Å². The smallest absolute Gasteiger partial charge is 0.251 e. The highest BCUT2D eigenvalue weighted by atomic mass is 35.5. The van der Waals surface area contributed by atoms with E-state index in [1.165, 1.54) is 19.3 Å². The normalized spacial score (nSPS) is 23.7. The van der Waals surface area contributed by atoms with Gasteiger partial charge in [-0.15, -0.1) is 0 Å². The molecule has 1 N–H and O–H groups in total. The second-order valence-corrected chi connectivity index (χ2v) is 5.78. The highest BCUT2D eigenvalue weighted by molar-refractivity contribution is 6.42. The average molecular weight is 286 g/mol. The minimum atomic E-state index is -0.0627. The highest BCUT2D eigenvalue weighted by Crippen LogP contribution is 2.25. The van der Waals surface area contributed by atoms with Crippen molar-refractivity contribution in [1.82, 2.24) is 5.32 Å². The topological polar surface area (TPSA) is 29.1 Å². The summed E-state index contributed by atoms with van der Waals surface area (Å²) in [5.74, 6) is 0.484. The Morgan fingerprint density at radius 3 is 2.61 bits per heavy atom. The molecule has 1 aromatic carbocycles. The molecule has 0 spiro atoms. The van der Waals surface area contributed by atoms with Crippen LogP contribution in [0.2, 0.25) is 10.0 Å². The monoisotopic (exact) mass is 285 g/mol. The molecule has 1 saturated carbocycles. The molecule has 1 fully saturated rings. The number of halogens is 2. The molecule has 0 heterocycles. The molecule has 0 unspecified atom stereocenters. The molecule has 0 aromatic heterocycles. The molecule has 1 aliphatic rings. The zero-order chi connectivity index (χ0) is 13.1. The number of carbonyl (C=O) groups is 1. The molecule has 0 radical (unpaired) electrons. The lowest BCUT2D eigenvalue weighted by molar-refractivity contribution is 0.0910. The van der Waals surface area contributed by atoms with Crippen LogP contribution < -0.4 is 5.32 Å². The molecule has 2 atom stereocenters. The third kappa shape index (κ3) is 3.18. The first-order valence-electron chi connectivity index (χ1n) is 6.34. The highest BCUT2D eigenvalue weighted by Gasteiger charge is 2.23. The van der Waals surface area contributed by atoms with E-state index in [4.69, 9.17) is 23.2 Å². The van der Waals surface area contributed by atoms with Crippen molar-refractivity contribution in [2.24, 2.45) is 5.92 Å². The molecule has 2 rings (SSSR count). The lowest BCUT2D eigenvalue weighted by Gasteiger charge is -2.29. The third-order valence-electron chi connectivity index (χ3n) is 3.61. The summed E-state index contributed by atoms with van der Waals surface area (Å²) >= 11 is 11.8. The number of amides is 1. The molecule has 1 amide bonds. The van der Waals surface area contributed by atoms with Crippen molar-refractivity contribution in [2.75, 3.05) is 0 Å². The van der Waals surface area contributed by atoms with Crippen LogP contribution in [0.15, 0.2) is 18.2 Å². The number of hydrogen-bond donors (Lipinski definition) is 1. The van der Waals surface area contributed by atoms with E-state index in [2.05, 4.69) is 12.2 Å². The van der Waals surface area contributed by atoms with Crippen LogP contribution in [-0.4, -0.2) is 11.9 Å². The number of carbonyl (C=O) groups excluding carboxylic acids is 1. The molecule has 18 heavy (non-hydrogen) atoms. The number of rotatable bonds is 2. The first-order chi connectivity index (χ1) is 8.58. The Bertz CT molecular complexity index is 447. The van der Waals surface area contributed by atoms with Crippen molar-refractivity contribution in [3.05, 3.63) is 33.8 Å². The van der Waals surface area contributed by atoms with Crippen LogP contribution in [0.1, 0.15) is 43.0 Å². The second kappa shape index (κ2) is 5.94. The van der Waals surface area contributed by atoms with Gasteiger partial charge in [0.15, 0.2) is 0 Å². The molecule has 0 saturated heterocycles. The van der Waals surface area contributed by atoms with E-state index in [0.29, 0.717) is 21.5 Å². The summed E-state index contributed by atoms with van der Waals surface area (Å²) in [5, 5.41) is 3.98. The first-order valence-corrected chi connectivity index (χ1v) is 7.09. The van der Waals surface area contributed by atoms with Crippen molar-refractivity contribution in [3.8, 4) is 0 Å². The van der Waals surface area contributed by atoms with Crippen LogP contribution in [0.5, 0.6) is 0 Å². The van der Waals surface area contributed by atoms with Gasteiger partial charge in [0.25, 0.3) is 5.91 Å². The summed E-state index contributed by atoms with van der Waals surface area (Å²) in [4.78, 5) is 12.1. The molecule has 1 aliphatic carbocycles. The van der Waals surface area contributed by atoms with Gasteiger partial charge in [-0.25, -0.2) is 0 Å². The van der Waals surface area contributed by atoms with Gasteiger partial charge in [-0.1, -0.05) is 43.0 Å². The van der Waals surface area contributed by atoms with E-state index >= 15 is 0 Å². The van der Waals surface area contributed by atoms with Crippen LogP contribution >= 0.6 is 23.2 Å². The third-order valence-corrected chi connectivity index (χ3v) is 4.35. The van der Waals surface area contributed by atoms with Crippen molar-refractivity contribution in [3.63, 3.8) is 0 Å². The van der Waals surface area contributed by atoms with E-state index in [1.807, 2.05) is 0 Å². The molecule has 0 aliphatic heterocycles. The standard InChI is InChI=1S/C14H17Cl2NO/c1-9-4-2-3-5-13(9)17-14(18)10-6-7-11(15)12(16)8-10/h6-9,13H,2-5H2,1H3,(H,17,18)/t9-,13+/m0/s1. The van der Waals surface area contributed by atoms with E-state index in [9.17, 15) is 4.79 Å². The fourth-order valence-electron chi connectivity index (χ4n) is 2.42. The van der Waals surface area contributed by atoms with E-state index < -0.39 is 0 Å². The van der Waals surface area contributed by atoms with Gasteiger partial charge in [0.1, 0.15) is 0 Å². The van der Waals surface area contributed by atoms with Gasteiger partial charge in [-0.05, 0) is 37.0 Å². The summed E-state index contributed by atoms with van der Waals surface area (Å²) in [7, 11) is 0. The molecule has 0 bridgehead atoms. The second-order valence-electron chi connectivity index (χ2n) is 4.97. The number of hydrogen-bond acceptors (Lipinski definition) is 1. The maximum Gasteiger partial charge on any atom is 0.251 e. The molecule has 4 heteroatoms.